The van der Waals surface area contributed by atoms with E-state index in [-0.39, 0.29) is 11.8 Å². The average molecular weight is 345 g/mol. The second-order valence-corrected chi connectivity index (χ2v) is 6.48. The first-order valence-electron chi connectivity index (χ1n) is 7.56. The van der Waals surface area contributed by atoms with Crippen molar-refractivity contribution in [2.45, 2.75) is 51.7 Å². The molecule has 0 aromatic rings. The van der Waals surface area contributed by atoms with Crippen LogP contribution in [0.5, 0.6) is 0 Å². The molecule has 0 bridgehead atoms. The summed E-state index contributed by atoms with van der Waals surface area (Å²) in [6.45, 7) is 6.75. The van der Waals surface area contributed by atoms with Gasteiger partial charge in [0.25, 0.3) is 0 Å². The van der Waals surface area contributed by atoms with Gasteiger partial charge in [0.15, 0.2) is 0 Å². The van der Waals surface area contributed by atoms with Crippen molar-refractivity contribution in [2.24, 2.45) is 5.92 Å². The van der Waals surface area contributed by atoms with Crippen molar-refractivity contribution < 1.29 is 29.4 Å². The van der Waals surface area contributed by atoms with E-state index in [1.54, 1.807) is 34.7 Å². The molecule has 2 atom stereocenters. The van der Waals surface area contributed by atoms with Gasteiger partial charge in [0.05, 0.1) is 12.0 Å². The summed E-state index contributed by atoms with van der Waals surface area (Å²) in [5, 5.41) is 22.8. The average Bonchev–Trinajstić information content (AvgIpc) is 2.44. The SMILES string of the molecule is CNC(C)(C)C(=O)N(C)[C@H](C(=O)N[C@@H](CC(=O)O)C(=O)O)C(C)C. The van der Waals surface area contributed by atoms with Gasteiger partial charge >= 0.3 is 11.9 Å². The molecule has 0 rings (SSSR count). The van der Waals surface area contributed by atoms with Crippen LogP contribution in [0.25, 0.3) is 0 Å². The number of carboxylic acids is 2. The molecule has 4 N–H and O–H groups in total. The lowest BCUT2D eigenvalue weighted by Crippen LogP contribution is -2.60. The Bertz CT molecular complexity index is 503. The lowest BCUT2D eigenvalue weighted by atomic mass is 9.97. The molecule has 0 aliphatic rings. The summed E-state index contributed by atoms with van der Waals surface area (Å²) in [7, 11) is 3.07. The molecule has 0 aromatic heterocycles. The van der Waals surface area contributed by atoms with Crippen LogP contribution in [0.3, 0.4) is 0 Å². The Morgan fingerprint density at radius 3 is 1.96 bits per heavy atom. The second kappa shape index (κ2) is 8.62. The van der Waals surface area contributed by atoms with E-state index >= 15 is 0 Å². The van der Waals surface area contributed by atoms with E-state index < -0.39 is 41.9 Å². The van der Waals surface area contributed by atoms with Gasteiger partial charge in [0, 0.05) is 7.05 Å². The maximum Gasteiger partial charge on any atom is 0.326 e. The minimum Gasteiger partial charge on any atom is -0.481 e. The monoisotopic (exact) mass is 345 g/mol. The van der Waals surface area contributed by atoms with Gasteiger partial charge in [-0.05, 0) is 26.8 Å². The predicted octanol–water partition coefficient (Wildman–Crippen LogP) is -0.488. The molecule has 9 heteroatoms. The smallest absolute Gasteiger partial charge is 0.326 e. The highest BCUT2D eigenvalue weighted by Gasteiger charge is 2.37. The number of carbonyl (C=O) groups excluding carboxylic acids is 2. The Kier molecular flexibility index (Phi) is 7.85. The fourth-order valence-corrected chi connectivity index (χ4v) is 2.23. The van der Waals surface area contributed by atoms with Gasteiger partial charge < -0.3 is 25.7 Å². The molecule has 0 aliphatic heterocycles. The van der Waals surface area contributed by atoms with Crippen molar-refractivity contribution in [3.63, 3.8) is 0 Å². The van der Waals surface area contributed by atoms with Crippen LogP contribution in [-0.2, 0) is 19.2 Å². The highest BCUT2D eigenvalue weighted by molar-refractivity contribution is 5.93. The summed E-state index contributed by atoms with van der Waals surface area (Å²) < 4.78 is 0. The van der Waals surface area contributed by atoms with Crippen molar-refractivity contribution in [3.8, 4) is 0 Å². The number of carboxylic acid groups (broad SMARTS) is 2. The summed E-state index contributed by atoms with van der Waals surface area (Å²) in [6.07, 6.45) is -0.744. The summed E-state index contributed by atoms with van der Waals surface area (Å²) >= 11 is 0. The molecule has 0 saturated heterocycles. The third-order valence-corrected chi connectivity index (χ3v) is 3.79. The van der Waals surface area contributed by atoms with Gasteiger partial charge in [-0.1, -0.05) is 13.8 Å². The third-order valence-electron chi connectivity index (χ3n) is 3.79. The standard InChI is InChI=1S/C15H27N3O6/c1-8(2)11(18(6)14(24)15(3,4)16-5)12(21)17-9(13(22)23)7-10(19)20/h8-9,11,16H,7H2,1-6H3,(H,17,21)(H,19,20)(H,22,23)/t9-,11-/m0/s1. The zero-order chi connectivity index (χ0) is 19.2. The normalized spacial score (nSPS) is 14.0. The van der Waals surface area contributed by atoms with Crippen molar-refractivity contribution >= 4 is 23.8 Å². The van der Waals surface area contributed by atoms with Crippen molar-refractivity contribution in [3.05, 3.63) is 0 Å². The minimum absolute atomic E-state index is 0.300. The number of nitrogens with zero attached hydrogens (tertiary/aromatic N) is 1. The summed E-state index contributed by atoms with van der Waals surface area (Å²) in [4.78, 5) is 48.1. The van der Waals surface area contributed by atoms with E-state index in [1.165, 1.54) is 11.9 Å². The predicted molar refractivity (Wildman–Crippen MR) is 86.4 cm³/mol. The molecule has 2 amide bonds. The van der Waals surface area contributed by atoms with Crippen LogP contribution in [0.15, 0.2) is 0 Å². The Hall–Kier alpha value is -2.16. The van der Waals surface area contributed by atoms with Gasteiger partial charge in [-0.15, -0.1) is 0 Å². The molecule has 138 valence electrons. The zero-order valence-electron chi connectivity index (χ0n) is 14.9. The van der Waals surface area contributed by atoms with E-state index in [4.69, 9.17) is 10.2 Å². The Labute approximate surface area is 141 Å². The van der Waals surface area contributed by atoms with E-state index in [9.17, 15) is 19.2 Å². The van der Waals surface area contributed by atoms with Gasteiger partial charge in [0.2, 0.25) is 11.8 Å². The van der Waals surface area contributed by atoms with Gasteiger partial charge in [-0.2, -0.15) is 0 Å². The van der Waals surface area contributed by atoms with Crippen LogP contribution in [-0.4, -0.2) is 70.6 Å². The molecule has 0 heterocycles. The Morgan fingerprint density at radius 1 is 1.12 bits per heavy atom. The van der Waals surface area contributed by atoms with E-state index in [1.807, 2.05) is 0 Å². The minimum atomic E-state index is -1.56. The first-order valence-corrected chi connectivity index (χ1v) is 7.56. The number of hydrogen-bond acceptors (Lipinski definition) is 5. The topological polar surface area (TPSA) is 136 Å². The van der Waals surface area contributed by atoms with Gasteiger partial charge in [0.1, 0.15) is 12.1 Å². The summed E-state index contributed by atoms with van der Waals surface area (Å²) in [6, 6.07) is -2.49. The molecule has 0 spiro atoms. The van der Waals surface area contributed by atoms with Crippen LogP contribution < -0.4 is 10.6 Å². The quantitative estimate of drug-likeness (QED) is 0.443. The molecule has 0 aromatic carbocycles. The molecular weight excluding hydrogens is 318 g/mol. The molecule has 0 fully saturated rings. The lowest BCUT2D eigenvalue weighted by Gasteiger charge is -2.36. The van der Waals surface area contributed by atoms with Crippen LogP contribution in [0.2, 0.25) is 0 Å². The molecule has 0 saturated carbocycles. The number of rotatable bonds is 9. The number of likely N-dealkylation sites (N-methyl/N-ethyl adjacent to an activating group) is 2. The first-order chi connectivity index (χ1) is 10.8. The number of carbonyl (C=O) groups is 4. The third kappa shape index (κ3) is 5.80. The molecule has 0 aliphatic carbocycles. The second-order valence-electron chi connectivity index (χ2n) is 6.48. The van der Waals surface area contributed by atoms with Crippen LogP contribution in [0, 0.1) is 5.92 Å². The van der Waals surface area contributed by atoms with E-state index in [2.05, 4.69) is 10.6 Å². The fraction of sp³-hybridized carbons (Fsp3) is 0.733. The van der Waals surface area contributed by atoms with Crippen LogP contribution in [0.1, 0.15) is 34.1 Å². The van der Waals surface area contributed by atoms with Crippen molar-refractivity contribution in [2.75, 3.05) is 14.1 Å². The van der Waals surface area contributed by atoms with Crippen LogP contribution in [0.4, 0.5) is 0 Å². The van der Waals surface area contributed by atoms with Gasteiger partial charge in [-0.25, -0.2) is 4.79 Å². The molecule has 0 radical (unpaired) electrons. The van der Waals surface area contributed by atoms with Crippen LogP contribution >= 0.6 is 0 Å². The number of nitrogens with one attached hydrogen (secondary N) is 2. The highest BCUT2D eigenvalue weighted by atomic mass is 16.4. The number of aliphatic carboxylic acids is 2. The maximum atomic E-state index is 12.5. The first kappa shape index (κ1) is 21.8. The molecular formula is C15H27N3O6. The van der Waals surface area contributed by atoms with E-state index in [0.29, 0.717) is 0 Å². The molecule has 0 unspecified atom stereocenters. The summed E-state index contributed by atoms with van der Waals surface area (Å²) in [5.74, 6) is -4.14. The maximum absolute atomic E-state index is 12.5. The Balaban J connectivity index is 5.37. The molecule has 9 nitrogen and oxygen atoms in total. The van der Waals surface area contributed by atoms with Crippen molar-refractivity contribution in [1.29, 1.82) is 0 Å². The largest absolute Gasteiger partial charge is 0.481 e. The highest BCUT2D eigenvalue weighted by Crippen LogP contribution is 2.15. The lowest BCUT2D eigenvalue weighted by molar-refractivity contribution is -0.149. The number of hydrogen-bond donors (Lipinski definition) is 4. The zero-order valence-corrected chi connectivity index (χ0v) is 14.9. The number of amides is 2. The van der Waals surface area contributed by atoms with E-state index in [0.717, 1.165) is 0 Å². The Morgan fingerprint density at radius 2 is 1.62 bits per heavy atom. The molecule has 24 heavy (non-hydrogen) atoms. The fourth-order valence-electron chi connectivity index (χ4n) is 2.23. The summed E-state index contributed by atoms with van der Waals surface area (Å²) in [5.41, 5.74) is -0.907. The van der Waals surface area contributed by atoms with Crippen molar-refractivity contribution in [1.82, 2.24) is 15.5 Å². The van der Waals surface area contributed by atoms with Gasteiger partial charge in [-0.3, -0.25) is 14.4 Å².